The van der Waals surface area contributed by atoms with Gasteiger partial charge in [0, 0.05) is 0 Å². The number of fused-ring (bicyclic) bond motifs is 6. The highest BCUT2D eigenvalue weighted by atomic mass is 14.5. The van der Waals surface area contributed by atoms with E-state index in [0.29, 0.717) is 5.92 Å². The van der Waals surface area contributed by atoms with Gasteiger partial charge in [-0.15, -0.1) is 0 Å². The number of benzene rings is 2. The van der Waals surface area contributed by atoms with Gasteiger partial charge in [-0.05, 0) is 70.2 Å². The molecule has 0 bridgehead atoms. The molecule has 0 heteroatoms. The summed E-state index contributed by atoms with van der Waals surface area (Å²) in [5.41, 5.74) is 11.8. The molecule has 1 spiro atoms. The highest BCUT2D eigenvalue weighted by Crippen LogP contribution is 2.63. The van der Waals surface area contributed by atoms with Crippen molar-refractivity contribution in [2.75, 3.05) is 0 Å². The molecule has 0 saturated heterocycles. The molecule has 0 fully saturated rings. The highest BCUT2D eigenvalue weighted by Gasteiger charge is 2.52. The van der Waals surface area contributed by atoms with Crippen LogP contribution in [0, 0.1) is 5.92 Å². The van der Waals surface area contributed by atoms with Crippen molar-refractivity contribution in [1.29, 1.82) is 0 Å². The third kappa shape index (κ3) is 7.13. The molecule has 0 radical (unpaired) electrons. The van der Waals surface area contributed by atoms with Crippen molar-refractivity contribution in [1.82, 2.24) is 0 Å². The number of unbranched alkanes of at least 4 members (excludes halogenated alkanes) is 1. The summed E-state index contributed by atoms with van der Waals surface area (Å²) >= 11 is 0. The SMILES string of the molecule is C/C=C\C1=C(CC)C2(C3=C1CC(C)C=C3)c1ccccc1-c1ccccc12.CC.CC.CC.CC.CCCC. The van der Waals surface area contributed by atoms with Crippen molar-refractivity contribution in [3.63, 3.8) is 0 Å². The Bertz CT molecular complexity index is 1040. The van der Waals surface area contributed by atoms with E-state index in [1.807, 2.05) is 55.4 Å². The number of allylic oxidation sites excluding steroid dienone is 8. The molecule has 0 aromatic heterocycles. The minimum absolute atomic E-state index is 0.108. The van der Waals surface area contributed by atoms with Gasteiger partial charge in [0.2, 0.25) is 0 Å². The van der Waals surface area contributed by atoms with E-state index in [9.17, 15) is 0 Å². The second-order valence-electron chi connectivity index (χ2n) is 9.02. The van der Waals surface area contributed by atoms with Crippen molar-refractivity contribution in [2.24, 2.45) is 5.92 Å². The summed E-state index contributed by atoms with van der Waals surface area (Å²) in [5.74, 6) is 0.601. The van der Waals surface area contributed by atoms with E-state index in [1.54, 1.807) is 11.1 Å². The van der Waals surface area contributed by atoms with Gasteiger partial charge in [-0.25, -0.2) is 0 Å². The first-order valence-corrected chi connectivity index (χ1v) is 16.1. The van der Waals surface area contributed by atoms with Crippen molar-refractivity contribution >= 4 is 0 Å². The van der Waals surface area contributed by atoms with Crippen LogP contribution < -0.4 is 0 Å². The smallest absolute Gasteiger partial charge is 0.0685 e. The Hall–Kier alpha value is -2.60. The monoisotopic (exact) mass is 528 g/mol. The van der Waals surface area contributed by atoms with E-state index >= 15 is 0 Å². The number of hydrogen-bond donors (Lipinski definition) is 0. The lowest BCUT2D eigenvalue weighted by Gasteiger charge is -2.34. The zero-order valence-corrected chi connectivity index (χ0v) is 27.8. The lowest BCUT2D eigenvalue weighted by atomic mass is 9.67. The Kier molecular flexibility index (Phi) is 18.2. The van der Waals surface area contributed by atoms with Crippen molar-refractivity contribution < 1.29 is 0 Å². The van der Waals surface area contributed by atoms with Crippen LogP contribution in [-0.2, 0) is 5.41 Å². The van der Waals surface area contributed by atoms with Crippen LogP contribution in [0.2, 0.25) is 0 Å². The molecule has 1 unspecified atom stereocenters. The first-order valence-electron chi connectivity index (χ1n) is 16.1. The molecule has 3 aliphatic carbocycles. The van der Waals surface area contributed by atoms with Gasteiger partial charge < -0.3 is 0 Å². The summed E-state index contributed by atoms with van der Waals surface area (Å²) in [6, 6.07) is 18.1. The molecule has 39 heavy (non-hydrogen) atoms. The van der Waals surface area contributed by atoms with E-state index < -0.39 is 0 Å². The maximum atomic E-state index is 2.44. The first kappa shape index (κ1) is 36.4. The fourth-order valence-electron chi connectivity index (χ4n) is 5.69. The van der Waals surface area contributed by atoms with Crippen molar-refractivity contribution in [3.05, 3.63) is 106 Å². The molecular formula is C39H60. The van der Waals surface area contributed by atoms with Gasteiger partial charge in [0.1, 0.15) is 0 Å². The van der Waals surface area contributed by atoms with E-state index in [1.165, 1.54) is 46.2 Å². The molecule has 2 aromatic rings. The van der Waals surface area contributed by atoms with Crippen molar-refractivity contribution in [3.8, 4) is 11.1 Å². The zero-order chi connectivity index (χ0) is 30.0. The molecule has 0 aliphatic heterocycles. The second kappa shape index (κ2) is 19.5. The predicted molar refractivity (Wildman–Crippen MR) is 181 cm³/mol. The molecule has 1 atom stereocenters. The van der Waals surface area contributed by atoms with Gasteiger partial charge in [0.25, 0.3) is 0 Å². The highest BCUT2D eigenvalue weighted by molar-refractivity contribution is 5.89. The summed E-state index contributed by atoms with van der Waals surface area (Å²) in [6.45, 7) is 27.2. The Morgan fingerprint density at radius 1 is 0.744 bits per heavy atom. The molecule has 0 amide bonds. The van der Waals surface area contributed by atoms with Gasteiger partial charge in [-0.3, -0.25) is 0 Å². The number of rotatable bonds is 3. The van der Waals surface area contributed by atoms with Crippen LogP contribution in [-0.4, -0.2) is 0 Å². The molecule has 0 N–H and O–H groups in total. The standard InChI is InChI=1S/C27H26.C4H10.4C2H6/c1-4-10-19-22-17-18(3)15-16-26(22)27(23(19)5-2)24-13-8-6-11-20(24)21-12-7-9-14-25(21)27;1-3-4-2;4*1-2/h4,6-16,18H,5,17H2,1-3H3;3-4H2,1-2H3;4*1-2H3/b10-4-;;;;;. The Balaban J connectivity index is 0.00000106. The Morgan fingerprint density at radius 2 is 1.21 bits per heavy atom. The first-order chi connectivity index (χ1) is 19.1. The van der Waals surface area contributed by atoms with E-state index in [-0.39, 0.29) is 5.41 Å². The largest absolute Gasteiger partial charge is 0.0871 e. The van der Waals surface area contributed by atoms with Crippen LogP contribution in [0.15, 0.2) is 95.1 Å². The van der Waals surface area contributed by atoms with Crippen LogP contribution in [0.1, 0.15) is 127 Å². The molecule has 0 nitrogen and oxygen atoms in total. The lowest BCUT2D eigenvalue weighted by Crippen LogP contribution is -2.28. The minimum atomic E-state index is -0.108. The van der Waals surface area contributed by atoms with Gasteiger partial charge in [0.05, 0.1) is 5.41 Å². The summed E-state index contributed by atoms with van der Waals surface area (Å²) in [5, 5.41) is 0. The van der Waals surface area contributed by atoms with Crippen LogP contribution >= 0.6 is 0 Å². The van der Waals surface area contributed by atoms with Crippen LogP contribution in [0.4, 0.5) is 0 Å². The van der Waals surface area contributed by atoms with Crippen LogP contribution in [0.25, 0.3) is 11.1 Å². The topological polar surface area (TPSA) is 0 Å². The van der Waals surface area contributed by atoms with Gasteiger partial charge >= 0.3 is 0 Å². The predicted octanol–water partition coefficient (Wildman–Crippen LogP) is 13.1. The van der Waals surface area contributed by atoms with Crippen LogP contribution in [0.5, 0.6) is 0 Å². The maximum absolute atomic E-state index is 2.44. The lowest BCUT2D eigenvalue weighted by molar-refractivity contribution is 0.680. The van der Waals surface area contributed by atoms with E-state index in [4.69, 9.17) is 0 Å². The van der Waals surface area contributed by atoms with Gasteiger partial charge in [-0.2, -0.15) is 0 Å². The Morgan fingerprint density at radius 3 is 1.62 bits per heavy atom. The van der Waals surface area contributed by atoms with Gasteiger partial charge in [0.15, 0.2) is 0 Å². The maximum Gasteiger partial charge on any atom is 0.0685 e. The normalized spacial score (nSPS) is 16.6. The molecule has 216 valence electrons. The molecule has 0 heterocycles. The molecule has 5 rings (SSSR count). The van der Waals surface area contributed by atoms with Gasteiger partial charge in [-0.1, -0.05) is 169 Å². The third-order valence-electron chi connectivity index (χ3n) is 7.09. The van der Waals surface area contributed by atoms with E-state index in [0.717, 1.165) is 12.8 Å². The molecule has 0 saturated carbocycles. The summed E-state index contributed by atoms with van der Waals surface area (Å²) in [7, 11) is 0. The fraction of sp³-hybridized carbons (Fsp3) is 0.487. The zero-order valence-electron chi connectivity index (χ0n) is 27.8. The third-order valence-corrected chi connectivity index (χ3v) is 7.09. The average Bonchev–Trinajstić information content (AvgIpc) is 3.47. The molecule has 2 aromatic carbocycles. The summed E-state index contributed by atoms with van der Waals surface area (Å²) in [4.78, 5) is 0. The van der Waals surface area contributed by atoms with Crippen molar-refractivity contribution in [2.45, 2.75) is 121 Å². The summed E-state index contributed by atoms with van der Waals surface area (Å²) in [6.07, 6.45) is 14.3. The second-order valence-corrected chi connectivity index (χ2v) is 9.02. The number of hydrogen-bond acceptors (Lipinski definition) is 0. The minimum Gasteiger partial charge on any atom is -0.0871 e. The molecule has 3 aliphatic rings. The quantitative estimate of drug-likeness (QED) is 0.371. The molecular weight excluding hydrogens is 468 g/mol. The fourth-order valence-corrected chi connectivity index (χ4v) is 5.69. The Labute approximate surface area is 244 Å². The van der Waals surface area contributed by atoms with E-state index in [2.05, 4.69) is 107 Å². The average molecular weight is 529 g/mol. The summed E-state index contributed by atoms with van der Waals surface area (Å²) < 4.78 is 0. The van der Waals surface area contributed by atoms with Crippen LogP contribution in [0.3, 0.4) is 0 Å².